The number of nitrogens with zero attached hydrogens (tertiary/aromatic N) is 2. The zero-order valence-corrected chi connectivity index (χ0v) is 20.1. The van der Waals surface area contributed by atoms with E-state index in [1.54, 1.807) is 0 Å². The molecule has 0 aliphatic heterocycles. The maximum absolute atomic E-state index is 15.3. The number of hydrogen-bond donors (Lipinski definition) is 1. The van der Waals surface area contributed by atoms with Crippen LogP contribution >= 0.6 is 11.6 Å². The van der Waals surface area contributed by atoms with Gasteiger partial charge in [0, 0.05) is 12.1 Å². The summed E-state index contributed by atoms with van der Waals surface area (Å²) in [5, 5.41) is 1.52. The van der Waals surface area contributed by atoms with E-state index in [1.165, 1.54) is 0 Å². The van der Waals surface area contributed by atoms with E-state index < -0.39 is 75.2 Å². The molecule has 0 fully saturated rings. The van der Waals surface area contributed by atoms with E-state index in [9.17, 15) is 35.9 Å². The first-order chi connectivity index (χ1) is 18.1. The van der Waals surface area contributed by atoms with E-state index in [0.29, 0.717) is 12.1 Å². The van der Waals surface area contributed by atoms with Crippen molar-refractivity contribution in [2.45, 2.75) is 12.5 Å². The SMILES string of the molecule is COC(=O)c1ncc(NC(=O)c2c(Oc3ccc(OC(F)(F)F)cc3Cl)cc(OC)c(C(F)(F)F)c2F)cn1. The summed E-state index contributed by atoms with van der Waals surface area (Å²) >= 11 is 5.91. The van der Waals surface area contributed by atoms with Crippen LogP contribution in [0, 0.1) is 5.82 Å². The van der Waals surface area contributed by atoms with Gasteiger partial charge in [-0.3, -0.25) is 4.79 Å². The van der Waals surface area contributed by atoms with Crippen molar-refractivity contribution in [3.63, 3.8) is 0 Å². The van der Waals surface area contributed by atoms with E-state index in [-0.39, 0.29) is 5.69 Å². The Morgan fingerprint density at radius 3 is 2.10 bits per heavy atom. The highest BCUT2D eigenvalue weighted by Crippen LogP contribution is 2.44. The van der Waals surface area contributed by atoms with Gasteiger partial charge in [0.2, 0.25) is 5.82 Å². The highest BCUT2D eigenvalue weighted by atomic mass is 35.5. The zero-order valence-electron chi connectivity index (χ0n) is 19.3. The Morgan fingerprint density at radius 2 is 1.59 bits per heavy atom. The molecule has 0 saturated carbocycles. The Hall–Kier alpha value is -4.34. The number of esters is 1. The average Bonchev–Trinajstić information content (AvgIpc) is 2.83. The largest absolute Gasteiger partial charge is 0.573 e. The first-order valence-electron chi connectivity index (χ1n) is 10.1. The minimum Gasteiger partial charge on any atom is -0.496 e. The standard InChI is InChI=1S/C22H13ClF7N3O6/c1-36-14-6-13(38-12-4-3-10(5-11(12)23)39-22(28,29)30)15(17(24)16(14)21(25,26)27)19(34)33-9-7-31-18(32-8-9)20(35)37-2/h3-8H,1-2H3,(H,33,34). The third kappa shape index (κ3) is 6.95. The normalized spacial score (nSPS) is 11.5. The number of carbonyl (C=O) groups is 2. The lowest BCUT2D eigenvalue weighted by molar-refractivity contribution is -0.274. The number of halogens is 8. The first-order valence-corrected chi connectivity index (χ1v) is 10.4. The maximum atomic E-state index is 15.3. The van der Waals surface area contributed by atoms with Gasteiger partial charge in [0.05, 0.1) is 37.3 Å². The molecule has 0 saturated heterocycles. The van der Waals surface area contributed by atoms with Crippen molar-refractivity contribution in [2.75, 3.05) is 19.5 Å². The molecule has 3 aromatic rings. The van der Waals surface area contributed by atoms with Crippen LogP contribution in [0.1, 0.15) is 26.5 Å². The molecule has 1 heterocycles. The maximum Gasteiger partial charge on any atom is 0.573 e. The summed E-state index contributed by atoms with van der Waals surface area (Å²) in [7, 11) is 1.85. The van der Waals surface area contributed by atoms with Gasteiger partial charge in [0.15, 0.2) is 5.82 Å². The molecule has 0 aliphatic rings. The number of rotatable bonds is 7. The van der Waals surface area contributed by atoms with Gasteiger partial charge in [0.1, 0.15) is 34.1 Å². The summed E-state index contributed by atoms with van der Waals surface area (Å²) in [6.45, 7) is 0. The van der Waals surface area contributed by atoms with E-state index in [0.717, 1.165) is 38.7 Å². The van der Waals surface area contributed by atoms with Gasteiger partial charge < -0.3 is 24.3 Å². The molecule has 0 spiro atoms. The zero-order chi connectivity index (χ0) is 29.1. The topological polar surface area (TPSA) is 109 Å². The third-order valence-corrected chi connectivity index (χ3v) is 4.85. The van der Waals surface area contributed by atoms with Gasteiger partial charge in [-0.1, -0.05) is 11.6 Å². The van der Waals surface area contributed by atoms with Crippen LogP contribution in [0.2, 0.25) is 5.02 Å². The molecular formula is C22H13ClF7N3O6. The lowest BCUT2D eigenvalue weighted by Gasteiger charge is -2.19. The number of anilines is 1. The fourth-order valence-corrected chi connectivity index (χ4v) is 3.19. The van der Waals surface area contributed by atoms with Crippen LogP contribution < -0.4 is 19.5 Å². The molecule has 1 N–H and O–H groups in total. The quantitative estimate of drug-likeness (QED) is 0.265. The number of alkyl halides is 6. The third-order valence-electron chi connectivity index (χ3n) is 4.56. The highest BCUT2D eigenvalue weighted by Gasteiger charge is 2.41. The molecule has 1 aromatic heterocycles. The summed E-state index contributed by atoms with van der Waals surface area (Å²) in [6, 6.07) is 2.80. The number of aromatic nitrogens is 2. The molecule has 0 radical (unpaired) electrons. The fraction of sp³-hybridized carbons (Fsp3) is 0.182. The molecule has 0 aliphatic carbocycles. The van der Waals surface area contributed by atoms with Crippen molar-refractivity contribution in [1.29, 1.82) is 0 Å². The smallest absolute Gasteiger partial charge is 0.496 e. The Labute approximate surface area is 218 Å². The summed E-state index contributed by atoms with van der Waals surface area (Å²) in [5.41, 5.74) is -3.50. The van der Waals surface area contributed by atoms with Crippen molar-refractivity contribution < 1.29 is 59.3 Å². The number of hydrogen-bond acceptors (Lipinski definition) is 8. The highest BCUT2D eigenvalue weighted by molar-refractivity contribution is 6.32. The summed E-state index contributed by atoms with van der Waals surface area (Å²) in [5.74, 6) is -8.10. The molecule has 9 nitrogen and oxygen atoms in total. The van der Waals surface area contributed by atoms with Crippen LogP contribution in [0.15, 0.2) is 36.7 Å². The summed E-state index contributed by atoms with van der Waals surface area (Å²) < 4.78 is 112. The molecule has 208 valence electrons. The van der Waals surface area contributed by atoms with Gasteiger partial charge in [-0.25, -0.2) is 19.2 Å². The second kappa shape index (κ2) is 11.2. The molecule has 0 unspecified atom stereocenters. The molecule has 17 heteroatoms. The first kappa shape index (κ1) is 29.2. The Balaban J connectivity index is 2.07. The minimum absolute atomic E-state index is 0.269. The van der Waals surface area contributed by atoms with E-state index in [1.807, 2.05) is 0 Å². The van der Waals surface area contributed by atoms with Gasteiger partial charge in [-0.05, 0) is 12.1 Å². The van der Waals surface area contributed by atoms with Gasteiger partial charge in [-0.15, -0.1) is 13.2 Å². The molecule has 39 heavy (non-hydrogen) atoms. The molecule has 3 rings (SSSR count). The molecule has 1 amide bonds. The predicted molar refractivity (Wildman–Crippen MR) is 117 cm³/mol. The van der Waals surface area contributed by atoms with E-state index in [4.69, 9.17) is 16.3 Å². The number of nitrogens with one attached hydrogen (secondary N) is 1. The van der Waals surface area contributed by atoms with Gasteiger partial charge in [-0.2, -0.15) is 13.2 Å². The summed E-state index contributed by atoms with van der Waals surface area (Å²) in [6.07, 6.45) is -8.61. The Kier molecular flexibility index (Phi) is 8.38. The number of amides is 1. The van der Waals surface area contributed by atoms with Crippen molar-refractivity contribution >= 4 is 29.2 Å². The van der Waals surface area contributed by atoms with Crippen molar-refractivity contribution in [1.82, 2.24) is 9.97 Å². The minimum atomic E-state index is -5.33. The van der Waals surface area contributed by atoms with Gasteiger partial charge >= 0.3 is 18.5 Å². The van der Waals surface area contributed by atoms with E-state index >= 15 is 4.39 Å². The molecule has 0 bridgehead atoms. The number of methoxy groups -OCH3 is 2. The van der Waals surface area contributed by atoms with Crippen LogP contribution in [0.3, 0.4) is 0 Å². The fourth-order valence-electron chi connectivity index (χ4n) is 2.98. The van der Waals surface area contributed by atoms with Crippen LogP contribution in [-0.4, -0.2) is 42.4 Å². The number of carbonyl (C=O) groups excluding carboxylic acids is 2. The molecule has 0 atom stereocenters. The Bertz CT molecular complexity index is 1400. The lowest BCUT2D eigenvalue weighted by Crippen LogP contribution is -2.20. The molecule has 2 aromatic carbocycles. The second-order valence-corrected chi connectivity index (χ2v) is 7.53. The number of ether oxygens (including phenoxy) is 4. The van der Waals surface area contributed by atoms with E-state index in [2.05, 4.69) is 29.5 Å². The predicted octanol–water partition coefficient (Wildman–Crippen LogP) is 6.03. The van der Waals surface area contributed by atoms with Crippen molar-refractivity contribution in [2.24, 2.45) is 0 Å². The van der Waals surface area contributed by atoms with Crippen LogP contribution in [0.4, 0.5) is 36.4 Å². The monoisotopic (exact) mass is 583 g/mol. The number of benzene rings is 2. The van der Waals surface area contributed by atoms with Crippen molar-refractivity contribution in [3.8, 4) is 23.0 Å². The lowest BCUT2D eigenvalue weighted by atomic mass is 10.1. The second-order valence-electron chi connectivity index (χ2n) is 7.12. The van der Waals surface area contributed by atoms with Crippen LogP contribution in [0.5, 0.6) is 23.0 Å². The molecular weight excluding hydrogens is 571 g/mol. The summed E-state index contributed by atoms with van der Waals surface area (Å²) in [4.78, 5) is 31.6. The Morgan fingerprint density at radius 1 is 0.949 bits per heavy atom. The van der Waals surface area contributed by atoms with Crippen LogP contribution in [0.25, 0.3) is 0 Å². The van der Waals surface area contributed by atoms with Crippen LogP contribution in [-0.2, 0) is 10.9 Å². The van der Waals surface area contributed by atoms with Gasteiger partial charge in [0.25, 0.3) is 5.91 Å². The average molecular weight is 584 g/mol. The van der Waals surface area contributed by atoms with Crippen molar-refractivity contribution in [3.05, 3.63) is 64.5 Å².